The van der Waals surface area contributed by atoms with Crippen molar-refractivity contribution in [3.05, 3.63) is 40.7 Å². The molecule has 5 heteroatoms. The second-order valence-electron chi connectivity index (χ2n) is 4.86. The molecule has 0 atom stereocenters. The van der Waals surface area contributed by atoms with Gasteiger partial charge in [-0.15, -0.1) is 0 Å². The summed E-state index contributed by atoms with van der Waals surface area (Å²) in [7, 11) is 2.01. The van der Waals surface area contributed by atoms with Crippen LogP contribution in [0.1, 0.15) is 25.2 Å². The average Bonchev–Trinajstić information content (AvgIpc) is 2.83. The lowest BCUT2D eigenvalue weighted by Gasteiger charge is -2.21. The van der Waals surface area contributed by atoms with Crippen molar-refractivity contribution in [3.63, 3.8) is 0 Å². The summed E-state index contributed by atoms with van der Waals surface area (Å²) < 4.78 is 2.04. The second kappa shape index (κ2) is 6.18. The van der Waals surface area contributed by atoms with E-state index in [0.29, 0.717) is 5.02 Å². The first-order valence-corrected chi connectivity index (χ1v) is 7.24. The Morgan fingerprint density at radius 2 is 2.05 bits per heavy atom. The number of rotatable bonds is 5. The number of hydrogen-bond acceptors (Lipinski definition) is 3. The largest absolute Gasteiger partial charge is 0.397 e. The van der Waals surface area contributed by atoms with E-state index in [4.69, 9.17) is 17.3 Å². The van der Waals surface area contributed by atoms with Crippen LogP contribution in [0.15, 0.2) is 24.3 Å². The minimum atomic E-state index is 0.694. The molecule has 2 N–H and O–H groups in total. The van der Waals surface area contributed by atoms with Gasteiger partial charge in [-0.1, -0.05) is 18.5 Å². The molecule has 0 aliphatic heterocycles. The molecule has 20 heavy (non-hydrogen) atoms. The molecule has 0 aliphatic carbocycles. The fourth-order valence-corrected chi connectivity index (χ4v) is 2.43. The van der Waals surface area contributed by atoms with Crippen LogP contribution in [0, 0.1) is 0 Å². The smallest absolute Gasteiger partial charge is 0.0625 e. The van der Waals surface area contributed by atoms with Crippen LogP contribution in [0.5, 0.6) is 0 Å². The van der Waals surface area contributed by atoms with E-state index in [-0.39, 0.29) is 0 Å². The van der Waals surface area contributed by atoms with Gasteiger partial charge in [-0.3, -0.25) is 4.68 Å². The lowest BCUT2D eigenvalue weighted by molar-refractivity contribution is 0.610. The van der Waals surface area contributed by atoms with Gasteiger partial charge in [-0.05, 0) is 37.6 Å². The van der Waals surface area contributed by atoms with Gasteiger partial charge < -0.3 is 10.6 Å². The van der Waals surface area contributed by atoms with Gasteiger partial charge in [-0.2, -0.15) is 5.10 Å². The summed E-state index contributed by atoms with van der Waals surface area (Å²) in [6, 6.07) is 7.69. The van der Waals surface area contributed by atoms with Crippen molar-refractivity contribution in [2.24, 2.45) is 0 Å². The standard InChI is InChI=1S/C15H21ClN4/c1-4-12-9-13(20(5-2)18-12)10-19(3)15-8-11(16)6-7-14(15)17/h6-9H,4-5,10,17H2,1-3H3. The van der Waals surface area contributed by atoms with Crippen molar-refractivity contribution < 1.29 is 0 Å². The van der Waals surface area contributed by atoms with E-state index in [1.165, 1.54) is 5.69 Å². The number of nitrogens with two attached hydrogens (primary N) is 1. The van der Waals surface area contributed by atoms with Crippen molar-refractivity contribution in [3.8, 4) is 0 Å². The zero-order chi connectivity index (χ0) is 14.7. The maximum atomic E-state index is 6.05. The molecule has 4 nitrogen and oxygen atoms in total. The Labute approximate surface area is 125 Å². The molecule has 0 amide bonds. The third-order valence-electron chi connectivity index (χ3n) is 3.38. The number of aryl methyl sites for hydroxylation is 2. The van der Waals surface area contributed by atoms with Gasteiger partial charge in [0.15, 0.2) is 0 Å². The highest BCUT2D eigenvalue weighted by Crippen LogP contribution is 2.27. The molecule has 0 unspecified atom stereocenters. The highest BCUT2D eigenvalue weighted by molar-refractivity contribution is 6.31. The Morgan fingerprint density at radius 3 is 2.70 bits per heavy atom. The van der Waals surface area contributed by atoms with Gasteiger partial charge in [0.05, 0.1) is 29.3 Å². The quantitative estimate of drug-likeness (QED) is 0.860. The van der Waals surface area contributed by atoms with Gasteiger partial charge in [0.2, 0.25) is 0 Å². The molecule has 0 spiro atoms. The monoisotopic (exact) mass is 292 g/mol. The summed E-state index contributed by atoms with van der Waals surface area (Å²) >= 11 is 6.05. The summed E-state index contributed by atoms with van der Waals surface area (Å²) in [5, 5.41) is 5.26. The highest BCUT2D eigenvalue weighted by Gasteiger charge is 2.11. The van der Waals surface area contributed by atoms with Crippen molar-refractivity contribution in [1.82, 2.24) is 9.78 Å². The third-order valence-corrected chi connectivity index (χ3v) is 3.61. The lowest BCUT2D eigenvalue weighted by atomic mass is 10.2. The summed E-state index contributed by atoms with van der Waals surface area (Å²) in [6.07, 6.45) is 0.947. The Bertz CT molecular complexity index is 592. The van der Waals surface area contributed by atoms with Crippen LogP contribution in [-0.4, -0.2) is 16.8 Å². The first kappa shape index (κ1) is 14.7. The van der Waals surface area contributed by atoms with E-state index < -0.39 is 0 Å². The molecule has 1 aromatic carbocycles. The number of nitrogen functional groups attached to an aromatic ring is 1. The van der Waals surface area contributed by atoms with Gasteiger partial charge in [0.1, 0.15) is 0 Å². The second-order valence-corrected chi connectivity index (χ2v) is 5.29. The molecule has 0 fully saturated rings. The minimum Gasteiger partial charge on any atom is -0.397 e. The molecule has 1 aromatic heterocycles. The van der Waals surface area contributed by atoms with Crippen LogP contribution in [-0.2, 0) is 19.5 Å². The van der Waals surface area contributed by atoms with Crippen molar-refractivity contribution in [1.29, 1.82) is 0 Å². The normalized spacial score (nSPS) is 10.8. The van der Waals surface area contributed by atoms with Crippen LogP contribution in [0.25, 0.3) is 0 Å². The first-order chi connectivity index (χ1) is 9.55. The van der Waals surface area contributed by atoms with Gasteiger partial charge in [0, 0.05) is 18.6 Å². The number of halogens is 1. The molecule has 1 heterocycles. The first-order valence-electron chi connectivity index (χ1n) is 6.86. The number of anilines is 2. The molecular weight excluding hydrogens is 272 g/mol. The predicted molar refractivity (Wildman–Crippen MR) is 85.3 cm³/mol. The van der Waals surface area contributed by atoms with Crippen molar-refractivity contribution in [2.45, 2.75) is 33.4 Å². The number of hydrogen-bond donors (Lipinski definition) is 1. The summed E-state index contributed by atoms with van der Waals surface area (Å²) in [6.45, 7) is 5.84. The van der Waals surface area contributed by atoms with Crippen LogP contribution in [0.2, 0.25) is 5.02 Å². The Balaban J connectivity index is 2.24. The minimum absolute atomic E-state index is 0.694. The summed E-state index contributed by atoms with van der Waals surface area (Å²) in [5.41, 5.74) is 10.0. The molecule has 2 aromatic rings. The highest BCUT2D eigenvalue weighted by atomic mass is 35.5. The van der Waals surface area contributed by atoms with Crippen molar-refractivity contribution >= 4 is 23.0 Å². The number of benzene rings is 1. The van der Waals surface area contributed by atoms with Gasteiger partial charge in [-0.25, -0.2) is 0 Å². The molecule has 108 valence electrons. The van der Waals surface area contributed by atoms with Crippen molar-refractivity contribution in [2.75, 3.05) is 17.7 Å². The van der Waals surface area contributed by atoms with Gasteiger partial charge in [0.25, 0.3) is 0 Å². The SMILES string of the molecule is CCc1cc(CN(C)c2cc(Cl)ccc2N)n(CC)n1. The fraction of sp³-hybridized carbons (Fsp3) is 0.400. The predicted octanol–water partition coefficient (Wildman–Crippen LogP) is 3.34. The number of aromatic nitrogens is 2. The fourth-order valence-electron chi connectivity index (χ4n) is 2.26. The molecule has 0 saturated heterocycles. The van der Waals surface area contributed by atoms with E-state index >= 15 is 0 Å². The topological polar surface area (TPSA) is 47.1 Å². The zero-order valence-corrected chi connectivity index (χ0v) is 13.0. The Hall–Kier alpha value is -1.68. The number of nitrogens with zero attached hydrogens (tertiary/aromatic N) is 3. The molecule has 0 radical (unpaired) electrons. The zero-order valence-electron chi connectivity index (χ0n) is 12.2. The van der Waals surface area contributed by atoms with Gasteiger partial charge >= 0.3 is 0 Å². The summed E-state index contributed by atoms with van der Waals surface area (Å²) in [4.78, 5) is 2.10. The summed E-state index contributed by atoms with van der Waals surface area (Å²) in [5.74, 6) is 0. The third kappa shape index (κ3) is 3.07. The average molecular weight is 293 g/mol. The van der Waals surface area contributed by atoms with Crippen LogP contribution in [0.3, 0.4) is 0 Å². The van der Waals surface area contributed by atoms with E-state index in [1.54, 1.807) is 6.07 Å². The molecule has 0 bridgehead atoms. The molecule has 0 aliphatic rings. The van der Waals surface area contributed by atoms with Crippen LogP contribution >= 0.6 is 11.6 Å². The van der Waals surface area contributed by atoms with E-state index in [0.717, 1.165) is 36.6 Å². The van der Waals surface area contributed by atoms with Crippen LogP contribution < -0.4 is 10.6 Å². The Morgan fingerprint density at radius 1 is 1.30 bits per heavy atom. The molecule has 2 rings (SSSR count). The van der Waals surface area contributed by atoms with Crippen LogP contribution in [0.4, 0.5) is 11.4 Å². The molecule has 0 saturated carbocycles. The maximum Gasteiger partial charge on any atom is 0.0625 e. The van der Waals surface area contributed by atoms with E-state index in [9.17, 15) is 0 Å². The van der Waals surface area contributed by atoms with E-state index in [2.05, 4.69) is 29.9 Å². The Kier molecular flexibility index (Phi) is 4.55. The molecular formula is C15H21ClN4. The van der Waals surface area contributed by atoms with E-state index in [1.807, 2.05) is 23.9 Å². The maximum absolute atomic E-state index is 6.05. The lowest BCUT2D eigenvalue weighted by Crippen LogP contribution is -2.20.